The molecule has 0 spiro atoms. The Kier molecular flexibility index (Phi) is 6.50. The lowest BCUT2D eigenvalue weighted by Gasteiger charge is -2.21. The monoisotopic (exact) mass is 361 g/mol. The third-order valence-corrected chi connectivity index (χ3v) is 2.83. The number of carbonyl (C=O) groups excluding carboxylic acids is 1. The van der Waals surface area contributed by atoms with E-state index in [0.717, 1.165) is 0 Å². The van der Waals surface area contributed by atoms with Crippen LogP contribution in [0.15, 0.2) is 17.0 Å². The van der Waals surface area contributed by atoms with Gasteiger partial charge in [-0.25, -0.2) is 9.78 Å². The Morgan fingerprint density at radius 2 is 2.05 bits per heavy atom. The number of nitrogens with one attached hydrogen (secondary N) is 1. The van der Waals surface area contributed by atoms with Crippen LogP contribution in [0.25, 0.3) is 0 Å². The molecule has 0 bridgehead atoms. The Bertz CT molecular complexity index is 461. The van der Waals surface area contributed by atoms with Crippen molar-refractivity contribution in [1.29, 1.82) is 0 Å². The number of rotatable bonds is 5. The quantitative estimate of drug-likeness (QED) is 0.734. The molecule has 3 N–H and O–H groups in total. The van der Waals surface area contributed by atoms with Gasteiger partial charge in [-0.1, -0.05) is 0 Å². The topological polar surface area (TPSA) is 105 Å². The second-order valence-electron chi connectivity index (χ2n) is 5.49. The van der Waals surface area contributed by atoms with E-state index >= 15 is 0 Å². The summed E-state index contributed by atoms with van der Waals surface area (Å²) in [5.41, 5.74) is -0.308. The van der Waals surface area contributed by atoms with E-state index in [1.54, 1.807) is 20.8 Å². The molecule has 0 saturated carbocycles. The fourth-order valence-corrected chi connectivity index (χ4v) is 1.67. The van der Waals surface area contributed by atoms with Crippen LogP contribution >= 0.6 is 15.9 Å². The lowest BCUT2D eigenvalue weighted by Crippen LogP contribution is -2.34. The van der Waals surface area contributed by atoms with Crippen molar-refractivity contribution >= 4 is 22.0 Å². The highest BCUT2D eigenvalue weighted by atomic mass is 79.9. The summed E-state index contributed by atoms with van der Waals surface area (Å²) in [6, 6.07) is 0. The molecule has 1 aromatic heterocycles. The van der Waals surface area contributed by atoms with Crippen molar-refractivity contribution in [3.63, 3.8) is 0 Å². The lowest BCUT2D eigenvalue weighted by molar-refractivity contribution is 0.00970. The highest BCUT2D eigenvalue weighted by molar-refractivity contribution is 9.10. The highest BCUT2D eigenvalue weighted by Crippen LogP contribution is 2.16. The van der Waals surface area contributed by atoms with Crippen molar-refractivity contribution in [2.45, 2.75) is 45.0 Å². The van der Waals surface area contributed by atoms with E-state index < -0.39 is 23.9 Å². The van der Waals surface area contributed by atoms with Gasteiger partial charge in [0.1, 0.15) is 16.3 Å². The largest absolute Gasteiger partial charge is 0.444 e. The molecule has 8 heteroatoms. The standard InChI is InChI=1S/C13H20BrN3O4/c1-13(2,3)21-12(20)15-5-4-9(18)11(19)8-6-17-10(14)7-16-8/h6-7,9,11,18-19H,4-5H2,1-3H3,(H,15,20). The Morgan fingerprint density at radius 1 is 1.38 bits per heavy atom. The molecule has 118 valence electrons. The molecular formula is C13H20BrN3O4. The molecule has 1 amide bonds. The third kappa shape index (κ3) is 6.83. The normalized spacial score (nSPS) is 14.4. The lowest BCUT2D eigenvalue weighted by atomic mass is 10.1. The van der Waals surface area contributed by atoms with E-state index in [2.05, 4.69) is 31.2 Å². The Balaban J connectivity index is 2.38. The minimum Gasteiger partial charge on any atom is -0.444 e. The molecule has 1 aromatic rings. The number of aromatic nitrogens is 2. The maximum absolute atomic E-state index is 11.4. The summed E-state index contributed by atoms with van der Waals surface area (Å²) in [6.07, 6.45) is 0.191. The molecule has 1 heterocycles. The second-order valence-corrected chi connectivity index (χ2v) is 6.31. The average Bonchev–Trinajstić information content (AvgIpc) is 2.36. The van der Waals surface area contributed by atoms with Crippen LogP contribution in [-0.2, 0) is 4.74 Å². The number of aliphatic hydroxyl groups is 2. The van der Waals surface area contributed by atoms with Gasteiger partial charge in [0.05, 0.1) is 24.2 Å². The Hall–Kier alpha value is -1.25. The molecule has 1 rings (SSSR count). The van der Waals surface area contributed by atoms with Gasteiger partial charge < -0.3 is 20.3 Å². The van der Waals surface area contributed by atoms with Crippen molar-refractivity contribution in [3.8, 4) is 0 Å². The maximum Gasteiger partial charge on any atom is 0.407 e. The Morgan fingerprint density at radius 3 is 2.57 bits per heavy atom. The van der Waals surface area contributed by atoms with E-state index in [9.17, 15) is 15.0 Å². The smallest absolute Gasteiger partial charge is 0.407 e. The van der Waals surface area contributed by atoms with Gasteiger partial charge in [-0.05, 0) is 43.1 Å². The molecule has 21 heavy (non-hydrogen) atoms. The summed E-state index contributed by atoms with van der Waals surface area (Å²) >= 11 is 3.13. The number of aliphatic hydroxyl groups excluding tert-OH is 2. The van der Waals surface area contributed by atoms with Gasteiger partial charge in [-0.3, -0.25) is 4.98 Å². The van der Waals surface area contributed by atoms with E-state index in [1.807, 2.05) is 0 Å². The van der Waals surface area contributed by atoms with Crippen LogP contribution in [0, 0.1) is 0 Å². The third-order valence-electron chi connectivity index (χ3n) is 2.42. The predicted octanol–water partition coefficient (Wildman–Crippen LogP) is 1.55. The summed E-state index contributed by atoms with van der Waals surface area (Å²) in [5, 5.41) is 22.3. The van der Waals surface area contributed by atoms with Crippen LogP contribution in [0.1, 0.15) is 39.0 Å². The molecule has 0 fully saturated rings. The summed E-state index contributed by atoms with van der Waals surface area (Å²) in [6.45, 7) is 5.46. The molecule has 0 aliphatic heterocycles. The molecule has 0 saturated heterocycles. The fraction of sp³-hybridized carbons (Fsp3) is 0.615. The zero-order valence-electron chi connectivity index (χ0n) is 12.2. The SMILES string of the molecule is CC(C)(C)OC(=O)NCCC(O)C(O)c1cnc(Br)cn1. The van der Waals surface area contributed by atoms with Gasteiger partial charge in [0.25, 0.3) is 0 Å². The fourth-order valence-electron chi connectivity index (χ4n) is 1.47. The van der Waals surface area contributed by atoms with Crippen molar-refractivity contribution in [3.05, 3.63) is 22.7 Å². The van der Waals surface area contributed by atoms with E-state index in [4.69, 9.17) is 4.74 Å². The minimum atomic E-state index is -1.16. The van der Waals surface area contributed by atoms with Gasteiger partial charge in [-0.15, -0.1) is 0 Å². The molecule has 0 aliphatic rings. The van der Waals surface area contributed by atoms with Crippen molar-refractivity contribution in [2.24, 2.45) is 0 Å². The van der Waals surface area contributed by atoms with Crippen LogP contribution < -0.4 is 5.32 Å². The first-order valence-electron chi connectivity index (χ1n) is 6.49. The zero-order chi connectivity index (χ0) is 16.0. The number of hydrogen-bond donors (Lipinski definition) is 3. The molecule has 0 aromatic carbocycles. The van der Waals surface area contributed by atoms with E-state index in [-0.39, 0.29) is 18.7 Å². The summed E-state index contributed by atoms with van der Waals surface area (Å²) in [7, 11) is 0. The Labute approximate surface area is 131 Å². The molecule has 0 aliphatic carbocycles. The van der Waals surface area contributed by atoms with Crippen LogP contribution in [-0.4, -0.2) is 44.5 Å². The van der Waals surface area contributed by atoms with Crippen molar-refractivity contribution in [1.82, 2.24) is 15.3 Å². The number of amides is 1. The number of hydrogen-bond acceptors (Lipinski definition) is 6. The van der Waals surface area contributed by atoms with Gasteiger partial charge >= 0.3 is 6.09 Å². The number of nitrogens with zero attached hydrogens (tertiary/aromatic N) is 2. The van der Waals surface area contributed by atoms with E-state index in [1.165, 1.54) is 12.4 Å². The van der Waals surface area contributed by atoms with Gasteiger partial charge in [-0.2, -0.15) is 0 Å². The summed E-state index contributed by atoms with van der Waals surface area (Å²) in [4.78, 5) is 19.3. The maximum atomic E-state index is 11.4. The predicted molar refractivity (Wildman–Crippen MR) is 79.6 cm³/mol. The first-order valence-corrected chi connectivity index (χ1v) is 7.29. The molecule has 2 atom stereocenters. The molecule has 2 unspecified atom stereocenters. The van der Waals surface area contributed by atoms with Crippen molar-refractivity contribution in [2.75, 3.05) is 6.54 Å². The van der Waals surface area contributed by atoms with Gasteiger partial charge in [0.15, 0.2) is 0 Å². The average molecular weight is 362 g/mol. The van der Waals surface area contributed by atoms with Crippen LogP contribution in [0.2, 0.25) is 0 Å². The summed E-state index contributed by atoms with van der Waals surface area (Å²) in [5.74, 6) is 0. The minimum absolute atomic E-state index is 0.165. The number of ether oxygens (including phenoxy) is 1. The van der Waals surface area contributed by atoms with Gasteiger partial charge in [0.2, 0.25) is 0 Å². The number of halogens is 1. The van der Waals surface area contributed by atoms with Crippen molar-refractivity contribution < 1.29 is 19.7 Å². The molecule has 0 radical (unpaired) electrons. The zero-order valence-corrected chi connectivity index (χ0v) is 13.8. The summed E-state index contributed by atoms with van der Waals surface area (Å²) < 4.78 is 5.60. The number of alkyl carbamates (subject to hydrolysis) is 1. The highest BCUT2D eigenvalue weighted by Gasteiger charge is 2.21. The van der Waals surface area contributed by atoms with Crippen LogP contribution in [0.5, 0.6) is 0 Å². The van der Waals surface area contributed by atoms with Crippen LogP contribution in [0.3, 0.4) is 0 Å². The van der Waals surface area contributed by atoms with Crippen LogP contribution in [0.4, 0.5) is 4.79 Å². The molecular weight excluding hydrogens is 342 g/mol. The van der Waals surface area contributed by atoms with Gasteiger partial charge in [0, 0.05) is 6.54 Å². The molecule has 7 nitrogen and oxygen atoms in total. The first-order chi connectivity index (χ1) is 9.69. The number of carbonyl (C=O) groups is 1. The second kappa shape index (κ2) is 7.67. The first kappa shape index (κ1) is 17.8. The van der Waals surface area contributed by atoms with E-state index in [0.29, 0.717) is 4.60 Å².